The van der Waals surface area contributed by atoms with Crippen molar-refractivity contribution in [2.45, 2.75) is 31.5 Å². The fourth-order valence-electron chi connectivity index (χ4n) is 3.42. The van der Waals surface area contributed by atoms with Gasteiger partial charge in [0.25, 0.3) is 0 Å². The largest absolute Gasteiger partial charge is 0.478 e. The Hall–Kier alpha value is -1.43. The van der Waals surface area contributed by atoms with Gasteiger partial charge in [0.15, 0.2) is 0 Å². The molecule has 21 heavy (non-hydrogen) atoms. The normalized spacial score (nSPS) is 27.3. The molecule has 0 spiro atoms. The lowest BCUT2D eigenvalue weighted by Gasteiger charge is -2.25. The molecule has 1 aromatic carbocycles. The number of hydrogen-bond donors (Lipinski definition) is 2. The number of aliphatic hydroxyl groups is 1. The number of carboxylic acids is 1. The van der Waals surface area contributed by atoms with E-state index in [1.807, 2.05) is 12.1 Å². The van der Waals surface area contributed by atoms with Crippen LogP contribution in [-0.2, 0) is 6.54 Å². The van der Waals surface area contributed by atoms with Gasteiger partial charge in [0.1, 0.15) is 0 Å². The summed E-state index contributed by atoms with van der Waals surface area (Å²) in [5, 5.41) is 19.2. The van der Waals surface area contributed by atoms with Crippen molar-refractivity contribution >= 4 is 5.97 Å². The second kappa shape index (κ2) is 6.13. The molecule has 3 rings (SSSR count). The summed E-state index contributed by atoms with van der Waals surface area (Å²) < 4.78 is 0. The first-order valence-electron chi connectivity index (χ1n) is 7.60. The number of aliphatic hydroxyl groups excluding tert-OH is 1. The molecule has 0 aliphatic carbocycles. The zero-order valence-corrected chi connectivity index (χ0v) is 12.1. The monoisotopic (exact) mass is 290 g/mol. The lowest BCUT2D eigenvalue weighted by molar-refractivity contribution is 0.0697. The number of hydrogen-bond acceptors (Lipinski definition) is 4. The fourth-order valence-corrected chi connectivity index (χ4v) is 3.42. The van der Waals surface area contributed by atoms with Crippen LogP contribution < -0.4 is 0 Å². The summed E-state index contributed by atoms with van der Waals surface area (Å²) in [7, 11) is 0. The summed E-state index contributed by atoms with van der Waals surface area (Å²) in [5.74, 6) is -0.896. The van der Waals surface area contributed by atoms with Crippen LogP contribution in [0.1, 0.15) is 28.8 Å². The minimum atomic E-state index is -0.896. The number of rotatable bonds is 4. The molecule has 114 valence electrons. The maximum atomic E-state index is 10.8. The average molecular weight is 290 g/mol. The van der Waals surface area contributed by atoms with Crippen LogP contribution >= 0.6 is 0 Å². The van der Waals surface area contributed by atoms with Crippen molar-refractivity contribution in [2.24, 2.45) is 0 Å². The molecule has 0 bridgehead atoms. The molecular formula is C16H22N2O3. The molecule has 2 aliphatic rings. The summed E-state index contributed by atoms with van der Waals surface area (Å²) in [5.41, 5.74) is 1.41. The highest BCUT2D eigenvalue weighted by atomic mass is 16.4. The summed E-state index contributed by atoms with van der Waals surface area (Å²) >= 11 is 0. The summed E-state index contributed by atoms with van der Waals surface area (Å²) in [4.78, 5) is 15.5. The molecule has 2 saturated heterocycles. The van der Waals surface area contributed by atoms with E-state index in [1.165, 1.54) is 12.8 Å². The van der Waals surface area contributed by atoms with E-state index in [2.05, 4.69) is 9.80 Å². The third kappa shape index (κ3) is 3.26. The van der Waals surface area contributed by atoms with E-state index < -0.39 is 5.97 Å². The van der Waals surface area contributed by atoms with Crippen LogP contribution in [0.2, 0.25) is 0 Å². The van der Waals surface area contributed by atoms with Crippen LogP contribution in [-0.4, -0.2) is 64.3 Å². The van der Waals surface area contributed by atoms with E-state index >= 15 is 0 Å². The Labute approximate surface area is 124 Å². The van der Waals surface area contributed by atoms with Gasteiger partial charge in [0.2, 0.25) is 0 Å². The Morgan fingerprint density at radius 3 is 2.43 bits per heavy atom. The number of benzene rings is 1. The Balaban J connectivity index is 1.59. The fraction of sp³-hybridized carbons (Fsp3) is 0.562. The third-order valence-corrected chi connectivity index (χ3v) is 4.55. The van der Waals surface area contributed by atoms with Gasteiger partial charge in [-0.2, -0.15) is 0 Å². The highest BCUT2D eigenvalue weighted by Crippen LogP contribution is 2.22. The van der Waals surface area contributed by atoms with Gasteiger partial charge in [-0.3, -0.25) is 9.80 Å². The SMILES string of the molecule is O=C(O)c1ccc(CN2C[C@H](O)[C@@H](N3CCCC3)C2)cc1. The zero-order valence-electron chi connectivity index (χ0n) is 12.1. The number of β-amino-alcohol motifs (C(OH)–C–C–N with tert-alkyl or cyclic N) is 1. The van der Waals surface area contributed by atoms with Crippen LogP contribution in [0.4, 0.5) is 0 Å². The molecular weight excluding hydrogens is 268 g/mol. The van der Waals surface area contributed by atoms with Gasteiger partial charge in [-0.25, -0.2) is 4.79 Å². The molecule has 0 aromatic heterocycles. The quantitative estimate of drug-likeness (QED) is 0.867. The van der Waals surface area contributed by atoms with Crippen molar-refractivity contribution in [3.8, 4) is 0 Å². The zero-order chi connectivity index (χ0) is 14.8. The first kappa shape index (κ1) is 14.5. The van der Waals surface area contributed by atoms with Gasteiger partial charge in [0, 0.05) is 25.7 Å². The summed E-state index contributed by atoms with van der Waals surface area (Å²) in [6, 6.07) is 7.26. The van der Waals surface area contributed by atoms with E-state index in [1.54, 1.807) is 12.1 Å². The molecule has 2 aliphatic heterocycles. The van der Waals surface area contributed by atoms with E-state index in [4.69, 9.17) is 5.11 Å². The van der Waals surface area contributed by atoms with E-state index in [9.17, 15) is 9.90 Å². The lowest BCUT2D eigenvalue weighted by Crippen LogP contribution is -2.41. The van der Waals surface area contributed by atoms with Crippen LogP contribution in [0.3, 0.4) is 0 Å². The third-order valence-electron chi connectivity index (χ3n) is 4.55. The standard InChI is InChI=1S/C16H22N2O3/c19-15-11-17(10-14(15)18-7-1-2-8-18)9-12-3-5-13(6-4-12)16(20)21/h3-6,14-15,19H,1-2,7-11H2,(H,20,21)/t14-,15-/m0/s1. The smallest absolute Gasteiger partial charge is 0.335 e. The van der Waals surface area contributed by atoms with E-state index in [0.717, 1.165) is 31.7 Å². The van der Waals surface area contributed by atoms with Crippen molar-refractivity contribution in [1.82, 2.24) is 9.80 Å². The maximum absolute atomic E-state index is 10.8. The molecule has 0 unspecified atom stereocenters. The second-order valence-electron chi connectivity index (χ2n) is 6.07. The average Bonchev–Trinajstić information content (AvgIpc) is 3.09. The molecule has 1 aromatic rings. The first-order chi connectivity index (χ1) is 10.1. The van der Waals surface area contributed by atoms with Gasteiger partial charge in [0.05, 0.1) is 11.7 Å². The maximum Gasteiger partial charge on any atom is 0.335 e. The van der Waals surface area contributed by atoms with Gasteiger partial charge in [-0.15, -0.1) is 0 Å². The van der Waals surface area contributed by atoms with Gasteiger partial charge < -0.3 is 10.2 Å². The molecule has 2 fully saturated rings. The molecule has 2 atom stereocenters. The molecule has 2 N–H and O–H groups in total. The predicted octanol–water partition coefficient (Wildman–Crippen LogP) is 1.03. The predicted molar refractivity (Wildman–Crippen MR) is 79.3 cm³/mol. The Kier molecular flexibility index (Phi) is 4.24. The summed E-state index contributed by atoms with van der Waals surface area (Å²) in [6.45, 7) is 4.55. The number of carboxylic acid groups (broad SMARTS) is 1. The van der Waals surface area contributed by atoms with Gasteiger partial charge in [-0.1, -0.05) is 12.1 Å². The lowest BCUT2D eigenvalue weighted by atomic mass is 10.1. The highest BCUT2D eigenvalue weighted by molar-refractivity contribution is 5.87. The molecule has 0 amide bonds. The Bertz CT molecular complexity index is 497. The number of carbonyl (C=O) groups is 1. The molecule has 5 nitrogen and oxygen atoms in total. The van der Waals surface area contributed by atoms with Crippen molar-refractivity contribution in [1.29, 1.82) is 0 Å². The van der Waals surface area contributed by atoms with E-state index in [0.29, 0.717) is 12.1 Å². The van der Waals surface area contributed by atoms with Crippen molar-refractivity contribution in [2.75, 3.05) is 26.2 Å². The first-order valence-corrected chi connectivity index (χ1v) is 7.60. The number of aromatic carboxylic acids is 1. The van der Waals surface area contributed by atoms with Gasteiger partial charge >= 0.3 is 5.97 Å². The second-order valence-corrected chi connectivity index (χ2v) is 6.07. The van der Waals surface area contributed by atoms with Crippen LogP contribution in [0.25, 0.3) is 0 Å². The number of likely N-dealkylation sites (tertiary alicyclic amines) is 2. The van der Waals surface area contributed by atoms with Crippen LogP contribution in [0.15, 0.2) is 24.3 Å². The summed E-state index contributed by atoms with van der Waals surface area (Å²) in [6.07, 6.45) is 2.20. The van der Waals surface area contributed by atoms with E-state index in [-0.39, 0.29) is 12.1 Å². The minimum absolute atomic E-state index is 0.255. The van der Waals surface area contributed by atoms with Crippen molar-refractivity contribution in [3.05, 3.63) is 35.4 Å². The molecule has 5 heteroatoms. The Morgan fingerprint density at radius 1 is 1.14 bits per heavy atom. The Morgan fingerprint density at radius 2 is 1.81 bits per heavy atom. The van der Waals surface area contributed by atoms with Crippen LogP contribution in [0.5, 0.6) is 0 Å². The van der Waals surface area contributed by atoms with Gasteiger partial charge in [-0.05, 0) is 43.6 Å². The van der Waals surface area contributed by atoms with Crippen LogP contribution in [0, 0.1) is 0 Å². The van der Waals surface area contributed by atoms with Crippen molar-refractivity contribution < 1.29 is 15.0 Å². The highest BCUT2D eigenvalue weighted by Gasteiger charge is 2.36. The molecule has 0 radical (unpaired) electrons. The topological polar surface area (TPSA) is 64.0 Å². The van der Waals surface area contributed by atoms with Crippen molar-refractivity contribution in [3.63, 3.8) is 0 Å². The molecule has 0 saturated carbocycles. The molecule has 2 heterocycles. The number of nitrogens with zero attached hydrogens (tertiary/aromatic N) is 2. The minimum Gasteiger partial charge on any atom is -0.478 e.